The molecule has 1 amide bonds. The molecule has 2 rings (SSSR count). The number of amides is 1. The molecule has 1 aliphatic rings. The van der Waals surface area contributed by atoms with Crippen LogP contribution in [0, 0.1) is 5.82 Å². The van der Waals surface area contributed by atoms with Gasteiger partial charge in [-0.1, -0.05) is 12.1 Å². The van der Waals surface area contributed by atoms with E-state index in [1.54, 1.807) is 6.07 Å². The van der Waals surface area contributed by atoms with Crippen LogP contribution >= 0.6 is 11.8 Å². The lowest BCUT2D eigenvalue weighted by Crippen LogP contribution is -2.41. The Morgan fingerprint density at radius 1 is 1.55 bits per heavy atom. The van der Waals surface area contributed by atoms with Crippen LogP contribution in [0.5, 0.6) is 0 Å². The summed E-state index contributed by atoms with van der Waals surface area (Å²) >= 11 is 1.85. The van der Waals surface area contributed by atoms with Crippen LogP contribution < -0.4 is 10.6 Å². The Bertz CT molecular complexity index is 464. The number of nitrogens with one attached hydrogen (secondary N) is 2. The van der Waals surface area contributed by atoms with Crippen molar-refractivity contribution < 1.29 is 14.3 Å². The molecule has 1 heterocycles. The van der Waals surface area contributed by atoms with E-state index in [4.69, 9.17) is 5.11 Å². The molecule has 0 radical (unpaired) electrons. The second-order valence-electron chi connectivity index (χ2n) is 4.79. The second kappa shape index (κ2) is 7.61. The lowest BCUT2D eigenvalue weighted by atomic mass is 10.1. The molecule has 1 saturated heterocycles. The van der Waals surface area contributed by atoms with E-state index in [1.807, 2.05) is 11.8 Å². The molecule has 110 valence electrons. The second-order valence-corrected chi connectivity index (χ2v) is 5.94. The van der Waals surface area contributed by atoms with E-state index in [0.717, 1.165) is 18.1 Å². The zero-order chi connectivity index (χ0) is 14.4. The van der Waals surface area contributed by atoms with E-state index in [0.29, 0.717) is 18.5 Å². The van der Waals surface area contributed by atoms with Crippen molar-refractivity contribution in [3.05, 3.63) is 35.1 Å². The highest BCUT2D eigenvalue weighted by atomic mass is 32.2. The average molecular weight is 298 g/mol. The molecule has 3 N–H and O–H groups in total. The number of aliphatic hydroxyl groups is 1. The summed E-state index contributed by atoms with van der Waals surface area (Å²) in [4.78, 5) is 11.8. The molecule has 1 aliphatic heterocycles. The van der Waals surface area contributed by atoms with Gasteiger partial charge in [0, 0.05) is 42.6 Å². The van der Waals surface area contributed by atoms with Crippen LogP contribution in [0.15, 0.2) is 18.2 Å². The molecule has 20 heavy (non-hydrogen) atoms. The first-order chi connectivity index (χ1) is 9.69. The maximum atomic E-state index is 13.5. The fraction of sp³-hybridized carbons (Fsp3) is 0.500. The normalized spacial score (nSPS) is 18.8. The summed E-state index contributed by atoms with van der Waals surface area (Å²) in [6.45, 7) is 0.932. The smallest absolute Gasteiger partial charge is 0.221 e. The highest BCUT2D eigenvalue weighted by molar-refractivity contribution is 7.99. The van der Waals surface area contributed by atoms with Gasteiger partial charge in [0.05, 0.1) is 6.61 Å². The molecule has 1 aromatic rings. The molecule has 1 aromatic carbocycles. The summed E-state index contributed by atoms with van der Waals surface area (Å²) in [6.07, 6.45) is 0.449. The minimum Gasteiger partial charge on any atom is -0.392 e. The van der Waals surface area contributed by atoms with Gasteiger partial charge in [0.15, 0.2) is 0 Å². The molecule has 0 aliphatic carbocycles. The Hall–Kier alpha value is -1.11. The fourth-order valence-corrected chi connectivity index (χ4v) is 3.03. The Morgan fingerprint density at radius 2 is 2.40 bits per heavy atom. The topological polar surface area (TPSA) is 61.4 Å². The van der Waals surface area contributed by atoms with E-state index < -0.39 is 5.82 Å². The molecule has 0 saturated carbocycles. The number of rotatable bonds is 5. The van der Waals surface area contributed by atoms with Gasteiger partial charge in [-0.15, -0.1) is 0 Å². The predicted molar refractivity (Wildman–Crippen MR) is 77.9 cm³/mol. The highest BCUT2D eigenvalue weighted by Gasteiger charge is 2.16. The maximum absolute atomic E-state index is 13.5. The third kappa shape index (κ3) is 4.47. The van der Waals surface area contributed by atoms with Crippen molar-refractivity contribution in [1.82, 2.24) is 10.6 Å². The van der Waals surface area contributed by atoms with Crippen molar-refractivity contribution in [3.63, 3.8) is 0 Å². The lowest BCUT2D eigenvalue weighted by molar-refractivity contribution is -0.121. The van der Waals surface area contributed by atoms with Gasteiger partial charge in [-0.2, -0.15) is 11.8 Å². The van der Waals surface area contributed by atoms with Crippen molar-refractivity contribution in [2.45, 2.75) is 25.6 Å². The van der Waals surface area contributed by atoms with Gasteiger partial charge in [0.1, 0.15) is 5.82 Å². The van der Waals surface area contributed by atoms with Gasteiger partial charge in [-0.25, -0.2) is 4.39 Å². The van der Waals surface area contributed by atoms with Crippen LogP contribution in [0.2, 0.25) is 0 Å². The third-order valence-electron chi connectivity index (χ3n) is 3.21. The molecule has 0 bridgehead atoms. The van der Waals surface area contributed by atoms with Crippen LogP contribution in [0.1, 0.15) is 17.5 Å². The fourth-order valence-electron chi connectivity index (χ4n) is 2.08. The molecule has 1 atom stereocenters. The van der Waals surface area contributed by atoms with Crippen LogP contribution in [-0.2, 0) is 17.9 Å². The summed E-state index contributed by atoms with van der Waals surface area (Å²) in [6, 6.07) is 4.82. The Kier molecular flexibility index (Phi) is 5.82. The van der Waals surface area contributed by atoms with E-state index >= 15 is 0 Å². The first-order valence-electron chi connectivity index (χ1n) is 6.65. The molecule has 4 nitrogen and oxygen atoms in total. The minimum atomic E-state index is -0.440. The lowest BCUT2D eigenvalue weighted by Gasteiger charge is -2.22. The number of aliphatic hydroxyl groups excluding tert-OH is 1. The number of carbonyl (C=O) groups is 1. The maximum Gasteiger partial charge on any atom is 0.221 e. The standard InChI is InChI=1S/C14H19FN2O2S/c15-13-5-10(1-2-11(13)8-18)7-17-14(19)6-12-9-20-4-3-16-12/h1-2,5,12,16,18H,3-4,6-9H2,(H,17,19). The Morgan fingerprint density at radius 3 is 3.05 bits per heavy atom. The van der Waals surface area contributed by atoms with Crippen molar-refractivity contribution in [2.75, 3.05) is 18.1 Å². The van der Waals surface area contributed by atoms with E-state index in [2.05, 4.69) is 10.6 Å². The quantitative estimate of drug-likeness (QED) is 0.760. The van der Waals surface area contributed by atoms with Gasteiger partial charge in [-0.3, -0.25) is 4.79 Å². The largest absolute Gasteiger partial charge is 0.392 e. The summed E-state index contributed by atoms with van der Waals surface area (Å²) in [5, 5.41) is 15.0. The summed E-state index contributed by atoms with van der Waals surface area (Å²) in [5.74, 6) is 1.57. The zero-order valence-corrected chi connectivity index (χ0v) is 12.0. The number of thioether (sulfide) groups is 1. The van der Waals surface area contributed by atoms with Crippen molar-refractivity contribution >= 4 is 17.7 Å². The first-order valence-corrected chi connectivity index (χ1v) is 7.80. The minimum absolute atomic E-state index is 0.0309. The molecule has 6 heteroatoms. The molecule has 0 spiro atoms. The Balaban J connectivity index is 1.79. The molecule has 1 unspecified atom stereocenters. The SMILES string of the molecule is O=C(CC1CSCCN1)NCc1ccc(CO)c(F)c1. The van der Waals surface area contributed by atoms with Gasteiger partial charge >= 0.3 is 0 Å². The monoisotopic (exact) mass is 298 g/mol. The van der Waals surface area contributed by atoms with Gasteiger partial charge in [0.2, 0.25) is 5.91 Å². The van der Waals surface area contributed by atoms with Gasteiger partial charge in [-0.05, 0) is 11.6 Å². The number of hydrogen-bond acceptors (Lipinski definition) is 4. The third-order valence-corrected chi connectivity index (χ3v) is 4.34. The van der Waals surface area contributed by atoms with E-state index in [9.17, 15) is 9.18 Å². The van der Waals surface area contributed by atoms with Crippen LogP contribution in [-0.4, -0.2) is 35.1 Å². The number of benzene rings is 1. The number of halogens is 1. The zero-order valence-electron chi connectivity index (χ0n) is 11.2. The summed E-state index contributed by atoms with van der Waals surface area (Å²) < 4.78 is 13.5. The van der Waals surface area contributed by atoms with E-state index in [1.165, 1.54) is 12.1 Å². The summed E-state index contributed by atoms with van der Waals surface area (Å²) in [5.41, 5.74) is 0.961. The average Bonchev–Trinajstić information content (AvgIpc) is 2.46. The summed E-state index contributed by atoms with van der Waals surface area (Å²) in [7, 11) is 0. The highest BCUT2D eigenvalue weighted by Crippen LogP contribution is 2.12. The van der Waals surface area contributed by atoms with Crippen molar-refractivity contribution in [2.24, 2.45) is 0 Å². The number of carbonyl (C=O) groups excluding carboxylic acids is 1. The van der Waals surface area contributed by atoms with Crippen LogP contribution in [0.25, 0.3) is 0 Å². The molecule has 0 aromatic heterocycles. The van der Waals surface area contributed by atoms with Crippen LogP contribution in [0.3, 0.4) is 0 Å². The van der Waals surface area contributed by atoms with Crippen LogP contribution in [0.4, 0.5) is 4.39 Å². The van der Waals surface area contributed by atoms with Gasteiger partial charge in [0.25, 0.3) is 0 Å². The molecule has 1 fully saturated rings. The number of hydrogen-bond donors (Lipinski definition) is 3. The predicted octanol–water partition coefficient (Wildman–Crippen LogP) is 1.03. The molecular formula is C14H19FN2O2S. The van der Waals surface area contributed by atoms with Crippen molar-refractivity contribution in [1.29, 1.82) is 0 Å². The van der Waals surface area contributed by atoms with Crippen molar-refractivity contribution in [3.8, 4) is 0 Å². The van der Waals surface area contributed by atoms with Gasteiger partial charge < -0.3 is 15.7 Å². The van der Waals surface area contributed by atoms with E-state index in [-0.39, 0.29) is 24.1 Å². The first kappa shape index (κ1) is 15.3. The molecular weight excluding hydrogens is 279 g/mol. The Labute approximate surface area is 122 Å².